The van der Waals surface area contributed by atoms with Crippen LogP contribution in [0.25, 0.3) is 6.08 Å². The number of fused-ring (bicyclic) bond motifs is 2. The maximum atomic E-state index is 13.6. The van der Waals surface area contributed by atoms with E-state index in [1.165, 1.54) is 16.7 Å². The summed E-state index contributed by atoms with van der Waals surface area (Å²) in [7, 11) is 1.60. The fraction of sp³-hybridized carbons (Fsp3) is 0.0800. The number of hydrogen-bond donors (Lipinski definition) is 0. The van der Waals surface area contributed by atoms with Crippen LogP contribution in [0.4, 0.5) is 11.4 Å². The summed E-state index contributed by atoms with van der Waals surface area (Å²) >= 11 is 14.5. The van der Waals surface area contributed by atoms with Gasteiger partial charge < -0.3 is 4.74 Å². The standard InChI is InChI=1S/C25H17ClN2O3S3/c1-31-17-9-6-15(7-10-17)12-22-24(30)27(25(32)34-22)14-23(29)28-18-4-2-3-5-20(18)33-21-11-8-16(26)13-19(21)28/h2-13H,14H2,1H3. The molecule has 0 saturated carbocycles. The van der Waals surface area contributed by atoms with Crippen LogP contribution in [0.5, 0.6) is 5.75 Å². The van der Waals surface area contributed by atoms with Crippen LogP contribution in [0.3, 0.4) is 0 Å². The van der Waals surface area contributed by atoms with E-state index in [1.54, 1.807) is 42.0 Å². The summed E-state index contributed by atoms with van der Waals surface area (Å²) in [5, 5.41) is 0.532. The smallest absolute Gasteiger partial charge is 0.266 e. The Hall–Kier alpha value is -2.78. The number of amides is 2. The lowest BCUT2D eigenvalue weighted by atomic mass is 10.2. The van der Waals surface area contributed by atoms with Crippen molar-refractivity contribution in [2.24, 2.45) is 0 Å². The van der Waals surface area contributed by atoms with E-state index in [-0.39, 0.29) is 18.4 Å². The molecular weight excluding hydrogens is 508 g/mol. The number of thioether (sulfide) groups is 1. The largest absolute Gasteiger partial charge is 0.497 e. The van der Waals surface area contributed by atoms with Gasteiger partial charge in [0.05, 0.1) is 23.4 Å². The number of benzene rings is 3. The van der Waals surface area contributed by atoms with Gasteiger partial charge in [0, 0.05) is 14.8 Å². The van der Waals surface area contributed by atoms with E-state index in [4.69, 9.17) is 28.6 Å². The van der Waals surface area contributed by atoms with E-state index < -0.39 is 0 Å². The minimum absolute atomic E-state index is 0.171. The molecule has 2 aliphatic heterocycles. The second kappa shape index (κ2) is 9.46. The number of halogens is 1. The number of nitrogens with zero attached hydrogens (tertiary/aromatic N) is 2. The molecule has 0 radical (unpaired) electrons. The molecule has 0 aliphatic carbocycles. The van der Waals surface area contributed by atoms with Crippen LogP contribution in [0.1, 0.15) is 5.56 Å². The molecule has 0 spiro atoms. The topological polar surface area (TPSA) is 49.9 Å². The Morgan fingerprint density at radius 2 is 1.76 bits per heavy atom. The molecule has 0 unspecified atom stereocenters. The fourth-order valence-corrected chi connectivity index (χ4v) is 6.15. The Morgan fingerprint density at radius 1 is 1.03 bits per heavy atom. The second-order valence-electron chi connectivity index (χ2n) is 7.45. The van der Waals surface area contributed by atoms with Crippen LogP contribution < -0.4 is 9.64 Å². The van der Waals surface area contributed by atoms with Gasteiger partial charge in [-0.2, -0.15) is 0 Å². The Labute approximate surface area is 215 Å². The van der Waals surface area contributed by atoms with E-state index in [0.29, 0.717) is 19.9 Å². The monoisotopic (exact) mass is 524 g/mol. The van der Waals surface area contributed by atoms with Crippen LogP contribution in [0.2, 0.25) is 5.02 Å². The number of carbonyl (C=O) groups is 2. The van der Waals surface area contributed by atoms with Crippen molar-refractivity contribution in [3.63, 3.8) is 0 Å². The molecular formula is C25H17ClN2O3S3. The molecule has 9 heteroatoms. The number of methoxy groups -OCH3 is 1. The molecule has 34 heavy (non-hydrogen) atoms. The predicted octanol–water partition coefficient (Wildman–Crippen LogP) is 6.38. The minimum Gasteiger partial charge on any atom is -0.497 e. The lowest BCUT2D eigenvalue weighted by Gasteiger charge is -2.32. The van der Waals surface area contributed by atoms with Crippen molar-refractivity contribution in [1.82, 2.24) is 4.90 Å². The number of anilines is 2. The molecule has 3 aromatic carbocycles. The van der Waals surface area contributed by atoms with Gasteiger partial charge in [0.15, 0.2) is 0 Å². The Bertz CT molecular complexity index is 1360. The molecule has 0 bridgehead atoms. The van der Waals surface area contributed by atoms with Gasteiger partial charge in [-0.25, -0.2) is 0 Å². The molecule has 2 amide bonds. The van der Waals surface area contributed by atoms with Crippen LogP contribution in [0, 0.1) is 0 Å². The Morgan fingerprint density at radius 3 is 2.53 bits per heavy atom. The molecule has 0 atom stereocenters. The van der Waals surface area contributed by atoms with Crippen molar-refractivity contribution < 1.29 is 14.3 Å². The maximum Gasteiger partial charge on any atom is 0.266 e. The van der Waals surface area contributed by atoms with Gasteiger partial charge in [-0.05, 0) is 54.1 Å². The second-order valence-corrected chi connectivity index (χ2v) is 10.6. The first-order chi connectivity index (χ1) is 16.4. The Kier molecular flexibility index (Phi) is 6.40. The first kappa shape index (κ1) is 23.0. The van der Waals surface area contributed by atoms with Crippen LogP contribution >= 0.6 is 47.3 Å². The maximum absolute atomic E-state index is 13.6. The van der Waals surface area contributed by atoms with Gasteiger partial charge in [-0.1, -0.05) is 71.6 Å². The highest BCUT2D eigenvalue weighted by atomic mass is 35.5. The van der Waals surface area contributed by atoms with E-state index >= 15 is 0 Å². The third-order valence-corrected chi connectivity index (χ3v) is 8.06. The molecule has 1 fully saturated rings. The molecule has 2 aliphatic rings. The zero-order valence-electron chi connectivity index (χ0n) is 17.9. The first-order valence-corrected chi connectivity index (χ1v) is 12.7. The summed E-state index contributed by atoms with van der Waals surface area (Å²) < 4.78 is 5.53. The SMILES string of the molecule is COc1ccc(C=C2SC(=S)N(CC(=O)N3c4ccccc4Sc4ccc(Cl)cc43)C2=O)cc1. The van der Waals surface area contributed by atoms with Crippen molar-refractivity contribution in [3.05, 3.63) is 82.2 Å². The molecule has 0 aromatic heterocycles. The van der Waals surface area contributed by atoms with Gasteiger partial charge in [0.2, 0.25) is 0 Å². The highest BCUT2D eigenvalue weighted by Crippen LogP contribution is 2.49. The number of thiocarbonyl (C=S) groups is 1. The van der Waals surface area contributed by atoms with Crippen molar-refractivity contribution in [3.8, 4) is 5.75 Å². The van der Waals surface area contributed by atoms with Gasteiger partial charge in [-0.15, -0.1) is 0 Å². The average Bonchev–Trinajstić information content (AvgIpc) is 3.10. The van der Waals surface area contributed by atoms with Crippen molar-refractivity contribution in [2.75, 3.05) is 18.6 Å². The lowest BCUT2D eigenvalue weighted by molar-refractivity contribution is -0.127. The number of para-hydroxylation sites is 1. The van der Waals surface area contributed by atoms with Gasteiger partial charge in [0.25, 0.3) is 11.8 Å². The highest BCUT2D eigenvalue weighted by molar-refractivity contribution is 8.26. The summed E-state index contributed by atoms with van der Waals surface area (Å²) in [4.78, 5) is 32.1. The fourth-order valence-electron chi connectivity index (χ4n) is 3.69. The molecule has 1 saturated heterocycles. The van der Waals surface area contributed by atoms with Gasteiger partial charge in [0.1, 0.15) is 16.6 Å². The minimum atomic E-state index is -0.287. The number of carbonyl (C=O) groups excluding carboxylic acids is 2. The summed E-state index contributed by atoms with van der Waals surface area (Å²) in [5.74, 6) is 0.180. The van der Waals surface area contributed by atoms with Gasteiger partial charge in [-0.3, -0.25) is 19.4 Å². The van der Waals surface area contributed by atoms with Gasteiger partial charge >= 0.3 is 0 Å². The highest BCUT2D eigenvalue weighted by Gasteiger charge is 2.36. The third-order valence-electron chi connectivity index (χ3n) is 5.32. The lowest BCUT2D eigenvalue weighted by Crippen LogP contribution is -2.41. The van der Waals surface area contributed by atoms with E-state index in [0.717, 1.165) is 26.8 Å². The van der Waals surface area contributed by atoms with Crippen LogP contribution in [0.15, 0.2) is 81.4 Å². The number of ether oxygens (including phenoxy) is 1. The summed E-state index contributed by atoms with van der Waals surface area (Å²) in [6.45, 7) is -0.171. The summed E-state index contributed by atoms with van der Waals surface area (Å²) in [6, 6.07) is 20.5. The molecule has 2 heterocycles. The van der Waals surface area contributed by atoms with Crippen molar-refractivity contribution in [2.45, 2.75) is 9.79 Å². The zero-order chi connectivity index (χ0) is 23.8. The average molecular weight is 525 g/mol. The normalized spacial score (nSPS) is 16.0. The molecule has 0 N–H and O–H groups in total. The molecule has 3 aromatic rings. The summed E-state index contributed by atoms with van der Waals surface area (Å²) in [5.41, 5.74) is 2.30. The van der Waals surface area contributed by atoms with E-state index in [9.17, 15) is 9.59 Å². The van der Waals surface area contributed by atoms with Crippen LogP contribution in [-0.2, 0) is 9.59 Å². The van der Waals surface area contributed by atoms with Crippen molar-refractivity contribution in [1.29, 1.82) is 0 Å². The number of rotatable bonds is 4. The third kappa shape index (κ3) is 4.34. The Balaban J connectivity index is 1.42. The van der Waals surface area contributed by atoms with E-state index in [1.807, 2.05) is 54.6 Å². The number of hydrogen-bond acceptors (Lipinski definition) is 6. The molecule has 170 valence electrons. The van der Waals surface area contributed by atoms with E-state index in [2.05, 4.69) is 0 Å². The molecule has 5 nitrogen and oxygen atoms in total. The van der Waals surface area contributed by atoms with Crippen LogP contribution in [-0.4, -0.2) is 34.7 Å². The summed E-state index contributed by atoms with van der Waals surface area (Å²) in [6.07, 6.45) is 1.77. The molecule has 5 rings (SSSR count). The van der Waals surface area contributed by atoms with Crippen molar-refractivity contribution >= 4 is 80.9 Å². The first-order valence-electron chi connectivity index (χ1n) is 10.2. The predicted molar refractivity (Wildman–Crippen MR) is 142 cm³/mol. The zero-order valence-corrected chi connectivity index (χ0v) is 21.1. The quantitative estimate of drug-likeness (QED) is 0.291.